The Morgan fingerprint density at radius 3 is 2.23 bits per heavy atom. The van der Waals surface area contributed by atoms with Crippen LogP contribution in [0.1, 0.15) is 29.3 Å². The quantitative estimate of drug-likeness (QED) is 0.753. The molecule has 1 N–H and O–H groups in total. The molecule has 0 radical (unpaired) electrons. The van der Waals surface area contributed by atoms with Crippen LogP contribution < -0.4 is 9.47 Å². The molecular formula is C18H20O4. The van der Waals surface area contributed by atoms with E-state index in [1.807, 2.05) is 18.2 Å². The van der Waals surface area contributed by atoms with E-state index in [-0.39, 0.29) is 5.56 Å². The third kappa shape index (κ3) is 4.25. The Kier molecular flexibility index (Phi) is 5.83. The second kappa shape index (κ2) is 8.08. The Morgan fingerprint density at radius 1 is 0.955 bits per heavy atom. The molecule has 4 nitrogen and oxygen atoms in total. The Labute approximate surface area is 130 Å². The average molecular weight is 300 g/mol. The van der Waals surface area contributed by atoms with Crippen molar-refractivity contribution in [2.24, 2.45) is 0 Å². The van der Waals surface area contributed by atoms with Crippen molar-refractivity contribution in [2.45, 2.75) is 19.8 Å². The average Bonchev–Trinajstić information content (AvgIpc) is 2.55. The van der Waals surface area contributed by atoms with Crippen LogP contribution in [-0.2, 0) is 6.42 Å². The summed E-state index contributed by atoms with van der Waals surface area (Å²) in [5.74, 6) is 0.309. The van der Waals surface area contributed by atoms with E-state index in [0.717, 1.165) is 12.2 Å². The number of aryl methyl sites for hydroxylation is 1. The summed E-state index contributed by atoms with van der Waals surface area (Å²) in [4.78, 5) is 11.1. The molecule has 0 atom stereocenters. The van der Waals surface area contributed by atoms with E-state index >= 15 is 0 Å². The lowest BCUT2D eigenvalue weighted by molar-refractivity contribution is 0.0692. The first-order chi connectivity index (χ1) is 10.7. The smallest absolute Gasteiger partial charge is 0.339 e. The van der Waals surface area contributed by atoms with Crippen molar-refractivity contribution in [3.63, 3.8) is 0 Å². The summed E-state index contributed by atoms with van der Waals surface area (Å²) in [6.07, 6.45) is 1.62. The first-order valence-corrected chi connectivity index (χ1v) is 7.38. The zero-order valence-corrected chi connectivity index (χ0v) is 12.6. The number of hydrogen-bond acceptors (Lipinski definition) is 3. The van der Waals surface area contributed by atoms with Gasteiger partial charge in [-0.05, 0) is 30.2 Å². The number of rotatable bonds is 8. The summed E-state index contributed by atoms with van der Waals surface area (Å²) >= 11 is 0. The fraction of sp³-hybridized carbons (Fsp3) is 0.278. The molecule has 0 aliphatic carbocycles. The highest BCUT2D eigenvalue weighted by Gasteiger charge is 2.09. The van der Waals surface area contributed by atoms with E-state index in [2.05, 4.69) is 13.0 Å². The van der Waals surface area contributed by atoms with E-state index in [9.17, 15) is 4.79 Å². The van der Waals surface area contributed by atoms with E-state index in [4.69, 9.17) is 14.6 Å². The van der Waals surface area contributed by atoms with Crippen LogP contribution >= 0.6 is 0 Å². The van der Waals surface area contributed by atoms with Crippen LogP contribution in [-0.4, -0.2) is 24.3 Å². The molecule has 4 heteroatoms. The molecule has 0 aliphatic heterocycles. The van der Waals surface area contributed by atoms with Gasteiger partial charge in [-0.2, -0.15) is 0 Å². The summed E-state index contributed by atoms with van der Waals surface area (Å²) in [6.45, 7) is 3.04. The molecule has 0 fully saturated rings. The van der Waals surface area contributed by atoms with Gasteiger partial charge in [-0.3, -0.25) is 0 Å². The SMILES string of the molecule is CCc1ccccc1OCCCOc1ccccc1C(=O)O. The van der Waals surface area contributed by atoms with Crippen molar-refractivity contribution in [1.29, 1.82) is 0 Å². The number of hydrogen-bond donors (Lipinski definition) is 1. The fourth-order valence-corrected chi connectivity index (χ4v) is 2.13. The number of carboxylic acid groups (broad SMARTS) is 1. The summed E-state index contributed by atoms with van der Waals surface area (Å²) in [6, 6.07) is 14.6. The monoisotopic (exact) mass is 300 g/mol. The van der Waals surface area contributed by atoms with Crippen molar-refractivity contribution in [1.82, 2.24) is 0 Å². The molecule has 2 aromatic carbocycles. The van der Waals surface area contributed by atoms with Gasteiger partial charge in [0.05, 0.1) is 13.2 Å². The highest BCUT2D eigenvalue weighted by Crippen LogP contribution is 2.19. The highest BCUT2D eigenvalue weighted by molar-refractivity contribution is 5.90. The number of benzene rings is 2. The summed E-state index contributed by atoms with van der Waals surface area (Å²) in [7, 11) is 0. The maximum absolute atomic E-state index is 11.1. The number of carbonyl (C=O) groups is 1. The van der Waals surface area contributed by atoms with Crippen molar-refractivity contribution in [3.05, 3.63) is 59.7 Å². The first-order valence-electron chi connectivity index (χ1n) is 7.38. The second-order valence-electron chi connectivity index (χ2n) is 4.81. The maximum atomic E-state index is 11.1. The first kappa shape index (κ1) is 15.9. The Morgan fingerprint density at radius 2 is 1.55 bits per heavy atom. The largest absolute Gasteiger partial charge is 0.493 e. The fourth-order valence-electron chi connectivity index (χ4n) is 2.13. The molecule has 22 heavy (non-hydrogen) atoms. The van der Waals surface area contributed by atoms with Crippen LogP contribution in [0.3, 0.4) is 0 Å². The van der Waals surface area contributed by atoms with Crippen LogP contribution in [0, 0.1) is 0 Å². The maximum Gasteiger partial charge on any atom is 0.339 e. The summed E-state index contributed by atoms with van der Waals surface area (Å²) in [5.41, 5.74) is 1.36. The highest BCUT2D eigenvalue weighted by atomic mass is 16.5. The molecule has 0 aromatic heterocycles. The normalized spacial score (nSPS) is 10.2. The topological polar surface area (TPSA) is 55.8 Å². The molecule has 2 rings (SSSR count). The number of ether oxygens (including phenoxy) is 2. The Hall–Kier alpha value is -2.49. The van der Waals surface area contributed by atoms with Crippen LogP contribution in [0.15, 0.2) is 48.5 Å². The van der Waals surface area contributed by atoms with E-state index < -0.39 is 5.97 Å². The molecule has 0 amide bonds. The summed E-state index contributed by atoms with van der Waals surface area (Å²) in [5, 5.41) is 9.07. The van der Waals surface area contributed by atoms with E-state index in [0.29, 0.717) is 25.4 Å². The minimum absolute atomic E-state index is 0.180. The predicted molar refractivity (Wildman–Crippen MR) is 84.8 cm³/mol. The molecule has 0 unspecified atom stereocenters. The van der Waals surface area contributed by atoms with Crippen molar-refractivity contribution in [2.75, 3.05) is 13.2 Å². The van der Waals surface area contributed by atoms with Gasteiger partial charge in [-0.15, -0.1) is 0 Å². The molecule has 2 aromatic rings. The molecule has 0 aliphatic rings. The van der Waals surface area contributed by atoms with Gasteiger partial charge >= 0.3 is 5.97 Å². The lowest BCUT2D eigenvalue weighted by Crippen LogP contribution is -2.08. The number of para-hydroxylation sites is 2. The minimum Gasteiger partial charge on any atom is -0.493 e. The van der Waals surface area contributed by atoms with Gasteiger partial charge in [-0.1, -0.05) is 37.3 Å². The molecule has 0 saturated heterocycles. The minimum atomic E-state index is -0.983. The van der Waals surface area contributed by atoms with Crippen molar-refractivity contribution >= 4 is 5.97 Å². The lowest BCUT2D eigenvalue weighted by atomic mass is 10.1. The molecule has 116 valence electrons. The number of carboxylic acids is 1. The van der Waals surface area contributed by atoms with Gasteiger partial charge < -0.3 is 14.6 Å². The van der Waals surface area contributed by atoms with Gasteiger partial charge in [0, 0.05) is 6.42 Å². The predicted octanol–water partition coefficient (Wildman–Crippen LogP) is 3.80. The van der Waals surface area contributed by atoms with Crippen molar-refractivity contribution in [3.8, 4) is 11.5 Å². The molecule has 0 spiro atoms. The lowest BCUT2D eigenvalue weighted by Gasteiger charge is -2.11. The van der Waals surface area contributed by atoms with Crippen LogP contribution in [0.5, 0.6) is 11.5 Å². The van der Waals surface area contributed by atoms with Gasteiger partial charge in [-0.25, -0.2) is 4.79 Å². The third-order valence-electron chi connectivity index (χ3n) is 3.27. The third-order valence-corrected chi connectivity index (χ3v) is 3.27. The van der Waals surface area contributed by atoms with Crippen LogP contribution in [0.25, 0.3) is 0 Å². The Balaban J connectivity index is 1.79. The van der Waals surface area contributed by atoms with Gasteiger partial charge in [0.2, 0.25) is 0 Å². The zero-order chi connectivity index (χ0) is 15.8. The summed E-state index contributed by atoms with van der Waals surface area (Å²) < 4.78 is 11.3. The van der Waals surface area contributed by atoms with Gasteiger partial charge in [0.25, 0.3) is 0 Å². The second-order valence-corrected chi connectivity index (χ2v) is 4.81. The van der Waals surface area contributed by atoms with Crippen LogP contribution in [0.4, 0.5) is 0 Å². The van der Waals surface area contributed by atoms with Crippen LogP contribution in [0.2, 0.25) is 0 Å². The zero-order valence-electron chi connectivity index (χ0n) is 12.6. The Bertz CT molecular complexity index is 622. The van der Waals surface area contributed by atoms with Gasteiger partial charge in [0.15, 0.2) is 0 Å². The molecular weight excluding hydrogens is 280 g/mol. The standard InChI is InChI=1S/C18H20O4/c1-2-14-8-3-5-10-16(14)21-12-7-13-22-17-11-6-4-9-15(17)18(19)20/h3-6,8-11H,2,7,12-13H2,1H3,(H,19,20). The molecule has 0 heterocycles. The van der Waals surface area contributed by atoms with E-state index in [1.54, 1.807) is 18.2 Å². The van der Waals surface area contributed by atoms with Gasteiger partial charge in [0.1, 0.15) is 17.1 Å². The molecule has 0 saturated carbocycles. The number of aromatic carboxylic acids is 1. The van der Waals surface area contributed by atoms with Crippen molar-refractivity contribution < 1.29 is 19.4 Å². The molecule has 0 bridgehead atoms. The van der Waals surface area contributed by atoms with E-state index in [1.165, 1.54) is 11.6 Å².